The second kappa shape index (κ2) is 7.02. The van der Waals surface area contributed by atoms with E-state index in [2.05, 4.69) is 0 Å². The summed E-state index contributed by atoms with van der Waals surface area (Å²) in [7, 11) is -7.88. The van der Waals surface area contributed by atoms with E-state index in [0.717, 1.165) is 0 Å². The third-order valence-electron chi connectivity index (χ3n) is 2.90. The predicted octanol–water partition coefficient (Wildman–Crippen LogP) is -0.458. The van der Waals surface area contributed by atoms with Crippen molar-refractivity contribution >= 4 is 31.6 Å². The van der Waals surface area contributed by atoms with Crippen molar-refractivity contribution < 1.29 is 36.6 Å². The monoisotopic (exact) mass is 330 g/mol. The van der Waals surface area contributed by atoms with Gasteiger partial charge >= 0.3 is 11.9 Å². The van der Waals surface area contributed by atoms with Gasteiger partial charge in [0.2, 0.25) is 0 Å². The van der Waals surface area contributed by atoms with Crippen LogP contribution in [0.1, 0.15) is 26.7 Å². The number of rotatable bonds is 9. The number of aliphatic carboxylic acids is 2. The Kier molecular flexibility index (Phi) is 6.62. The summed E-state index contributed by atoms with van der Waals surface area (Å²) >= 11 is 0. The van der Waals surface area contributed by atoms with Gasteiger partial charge in [-0.3, -0.25) is 9.59 Å². The summed E-state index contributed by atoms with van der Waals surface area (Å²) in [5.41, 5.74) is 0. The van der Waals surface area contributed by atoms with Crippen LogP contribution < -0.4 is 0 Å². The largest absolute Gasteiger partial charge is 0.481 e. The second-order valence-electron chi connectivity index (χ2n) is 4.19. The summed E-state index contributed by atoms with van der Waals surface area (Å²) in [6.45, 7) is 2.53. The predicted molar refractivity (Wildman–Crippen MR) is 71.0 cm³/mol. The molecule has 0 aromatic carbocycles. The molecule has 10 heteroatoms. The summed E-state index contributed by atoms with van der Waals surface area (Å²) < 4.78 is 46.8. The lowest BCUT2D eigenvalue weighted by Crippen LogP contribution is -2.38. The summed E-state index contributed by atoms with van der Waals surface area (Å²) in [4.78, 5) is 21.7. The first kappa shape index (κ1) is 18.8. The molecule has 0 aromatic heterocycles. The molecule has 0 spiro atoms. The smallest absolute Gasteiger partial charge is 0.321 e. The van der Waals surface area contributed by atoms with Gasteiger partial charge in [-0.05, 0) is 6.42 Å². The zero-order chi connectivity index (χ0) is 16.1. The van der Waals surface area contributed by atoms with E-state index < -0.39 is 60.7 Å². The van der Waals surface area contributed by atoms with Gasteiger partial charge in [-0.25, -0.2) is 16.8 Å². The van der Waals surface area contributed by atoms with Gasteiger partial charge in [0.15, 0.2) is 24.9 Å². The Balaban J connectivity index is 5.53. The molecular weight excluding hydrogens is 312 g/mol. The molecule has 118 valence electrons. The van der Waals surface area contributed by atoms with Crippen LogP contribution in [0, 0.1) is 0 Å². The van der Waals surface area contributed by atoms with Crippen molar-refractivity contribution in [1.82, 2.24) is 0 Å². The zero-order valence-corrected chi connectivity index (χ0v) is 12.8. The van der Waals surface area contributed by atoms with Gasteiger partial charge < -0.3 is 10.2 Å². The minimum atomic E-state index is -4.02. The maximum Gasteiger partial charge on any atom is 0.321 e. The van der Waals surface area contributed by atoms with E-state index in [-0.39, 0.29) is 5.75 Å². The van der Waals surface area contributed by atoms with Crippen LogP contribution in [0.25, 0.3) is 0 Å². The van der Waals surface area contributed by atoms with Crippen LogP contribution in [0.15, 0.2) is 0 Å². The molecule has 2 unspecified atom stereocenters. The summed E-state index contributed by atoms with van der Waals surface area (Å²) in [5, 5.41) is 14.2. The Bertz CT molecular complexity index is 560. The van der Waals surface area contributed by atoms with Crippen LogP contribution >= 0.6 is 0 Å². The molecular formula is C10H18O8S2. The molecule has 0 aromatic rings. The lowest BCUT2D eigenvalue weighted by molar-refractivity contribution is -0.139. The third-order valence-corrected chi connectivity index (χ3v) is 7.15. The Hall–Kier alpha value is -1.16. The van der Waals surface area contributed by atoms with E-state index in [9.17, 15) is 26.4 Å². The third kappa shape index (κ3) is 5.08. The first-order chi connectivity index (χ1) is 8.97. The first-order valence-corrected chi connectivity index (χ1v) is 9.28. The van der Waals surface area contributed by atoms with Crippen molar-refractivity contribution in [2.45, 2.75) is 37.2 Å². The van der Waals surface area contributed by atoms with Crippen molar-refractivity contribution in [2.75, 3.05) is 11.5 Å². The second-order valence-corrected chi connectivity index (χ2v) is 9.23. The van der Waals surface area contributed by atoms with E-state index in [4.69, 9.17) is 10.2 Å². The number of hydrogen-bond acceptors (Lipinski definition) is 6. The lowest BCUT2D eigenvalue weighted by Gasteiger charge is -2.19. The fourth-order valence-electron chi connectivity index (χ4n) is 1.63. The van der Waals surface area contributed by atoms with Crippen LogP contribution in [-0.4, -0.2) is 61.0 Å². The van der Waals surface area contributed by atoms with E-state index in [1.807, 2.05) is 0 Å². The number of carboxylic acid groups (broad SMARTS) is 2. The summed E-state index contributed by atoms with van der Waals surface area (Å²) in [5.74, 6) is -3.95. The Morgan fingerprint density at radius 1 is 0.950 bits per heavy atom. The summed E-state index contributed by atoms with van der Waals surface area (Å²) in [6, 6.07) is 0. The van der Waals surface area contributed by atoms with Crippen LogP contribution in [0.3, 0.4) is 0 Å². The highest BCUT2D eigenvalue weighted by Crippen LogP contribution is 2.19. The molecule has 0 aliphatic rings. The molecule has 0 radical (unpaired) electrons. The van der Waals surface area contributed by atoms with E-state index in [0.29, 0.717) is 0 Å². The van der Waals surface area contributed by atoms with Gasteiger partial charge in [-0.15, -0.1) is 0 Å². The molecule has 0 saturated heterocycles. The number of carboxylic acids is 2. The molecule has 2 N–H and O–H groups in total. The quantitative estimate of drug-likeness (QED) is 0.578. The van der Waals surface area contributed by atoms with Gasteiger partial charge in [0, 0.05) is 11.5 Å². The standard InChI is InChI=1S/C10H18O8S2/c1-3-19(15,16)7(6-9(11)12)5-8(10(13)14)20(17,18)4-2/h7-8H,3-6H2,1-2H3,(H,11,12)(H,13,14). The van der Waals surface area contributed by atoms with Crippen molar-refractivity contribution in [3.05, 3.63) is 0 Å². The molecule has 0 heterocycles. The van der Waals surface area contributed by atoms with Crippen LogP contribution in [-0.2, 0) is 29.3 Å². The van der Waals surface area contributed by atoms with Crippen LogP contribution in [0.5, 0.6) is 0 Å². The first-order valence-electron chi connectivity index (χ1n) is 5.85. The fourth-order valence-corrected chi connectivity index (χ4v) is 4.34. The highest BCUT2D eigenvalue weighted by Gasteiger charge is 2.38. The zero-order valence-electron chi connectivity index (χ0n) is 11.1. The minimum absolute atomic E-state index is 0.385. The van der Waals surface area contributed by atoms with Gasteiger partial charge in [0.25, 0.3) is 0 Å². The van der Waals surface area contributed by atoms with Gasteiger partial charge in [0.05, 0.1) is 11.7 Å². The average molecular weight is 330 g/mol. The molecule has 0 fully saturated rings. The maximum absolute atomic E-state index is 11.8. The molecule has 0 saturated carbocycles. The van der Waals surface area contributed by atoms with Gasteiger partial charge in [0.1, 0.15) is 0 Å². The van der Waals surface area contributed by atoms with Crippen molar-refractivity contribution in [3.8, 4) is 0 Å². The van der Waals surface area contributed by atoms with E-state index in [1.54, 1.807) is 0 Å². The van der Waals surface area contributed by atoms with Crippen LogP contribution in [0.2, 0.25) is 0 Å². The maximum atomic E-state index is 11.8. The molecule has 0 aliphatic heterocycles. The molecule has 0 rings (SSSR count). The van der Waals surface area contributed by atoms with Gasteiger partial charge in [-0.1, -0.05) is 13.8 Å². The number of sulfone groups is 2. The molecule has 2 atom stereocenters. The molecule has 8 nitrogen and oxygen atoms in total. The van der Waals surface area contributed by atoms with E-state index in [1.165, 1.54) is 13.8 Å². The highest BCUT2D eigenvalue weighted by molar-refractivity contribution is 7.93. The number of hydrogen-bond donors (Lipinski definition) is 2. The Labute approximate surface area is 117 Å². The highest BCUT2D eigenvalue weighted by atomic mass is 32.2. The molecule has 0 bridgehead atoms. The SMILES string of the molecule is CCS(=O)(=O)C(CC(=O)O)CC(C(=O)O)S(=O)(=O)CC. The van der Waals surface area contributed by atoms with E-state index >= 15 is 0 Å². The summed E-state index contributed by atoms with van der Waals surface area (Å²) in [6.07, 6.45) is -1.58. The Morgan fingerprint density at radius 2 is 1.40 bits per heavy atom. The molecule has 0 aliphatic carbocycles. The molecule has 20 heavy (non-hydrogen) atoms. The minimum Gasteiger partial charge on any atom is -0.481 e. The van der Waals surface area contributed by atoms with Crippen molar-refractivity contribution in [1.29, 1.82) is 0 Å². The lowest BCUT2D eigenvalue weighted by atomic mass is 10.2. The average Bonchev–Trinajstić information content (AvgIpc) is 2.32. The van der Waals surface area contributed by atoms with Crippen molar-refractivity contribution in [2.24, 2.45) is 0 Å². The topological polar surface area (TPSA) is 143 Å². The fraction of sp³-hybridized carbons (Fsp3) is 0.800. The van der Waals surface area contributed by atoms with Crippen molar-refractivity contribution in [3.63, 3.8) is 0 Å². The van der Waals surface area contributed by atoms with Crippen LogP contribution in [0.4, 0.5) is 0 Å². The molecule has 0 amide bonds. The Morgan fingerprint density at radius 3 is 1.70 bits per heavy atom. The normalized spacial score (nSPS) is 15.5. The van der Waals surface area contributed by atoms with Gasteiger partial charge in [-0.2, -0.15) is 0 Å². The number of carbonyl (C=O) groups is 2.